The summed E-state index contributed by atoms with van der Waals surface area (Å²) in [7, 11) is 0. The Balaban J connectivity index is 1.61. The molecule has 1 aromatic heterocycles. The van der Waals surface area contributed by atoms with E-state index in [1.807, 2.05) is 35.2 Å². The summed E-state index contributed by atoms with van der Waals surface area (Å²) in [6, 6.07) is 16.1. The van der Waals surface area contributed by atoms with E-state index in [9.17, 15) is 4.79 Å². The molecule has 2 heterocycles. The minimum Gasteiger partial charge on any atom is -0.354 e. The molecule has 2 aromatic carbocycles. The third-order valence-electron chi connectivity index (χ3n) is 4.87. The van der Waals surface area contributed by atoms with Gasteiger partial charge in [0, 0.05) is 24.1 Å². The summed E-state index contributed by atoms with van der Waals surface area (Å²) < 4.78 is 0. The largest absolute Gasteiger partial charge is 0.354 e. The number of carbonyl (C=O) groups is 1. The second-order valence-corrected chi connectivity index (χ2v) is 6.69. The Labute approximate surface area is 153 Å². The molecule has 0 spiro atoms. The third kappa shape index (κ3) is 2.94. The molecule has 1 aliphatic heterocycles. The molecule has 3 aromatic rings. The predicted molar refractivity (Wildman–Crippen MR) is 105 cm³/mol. The average Bonchev–Trinajstić information content (AvgIpc) is 3.09. The molecule has 0 bridgehead atoms. The number of hydrogen-bond acceptors (Lipinski definition) is 3. The highest BCUT2D eigenvalue weighted by atomic mass is 16.2. The Bertz CT molecular complexity index is 960. The minimum atomic E-state index is -0.00685. The smallest absolute Gasteiger partial charge is 0.259 e. The van der Waals surface area contributed by atoms with Gasteiger partial charge < -0.3 is 10.2 Å². The van der Waals surface area contributed by atoms with Crippen LogP contribution in [0, 0.1) is 13.8 Å². The molecule has 0 atom stereocenters. The topological polar surface area (TPSA) is 45.2 Å². The molecule has 130 valence electrons. The van der Waals surface area contributed by atoms with E-state index in [1.54, 1.807) is 12.4 Å². The lowest BCUT2D eigenvalue weighted by Gasteiger charge is -2.18. The molecule has 0 radical (unpaired) electrons. The van der Waals surface area contributed by atoms with Crippen LogP contribution in [0.1, 0.15) is 27.0 Å². The fraction of sp³-hybridized carbons (Fsp3) is 0.182. The Morgan fingerprint density at radius 2 is 1.81 bits per heavy atom. The molecule has 0 saturated carbocycles. The highest BCUT2D eigenvalue weighted by Crippen LogP contribution is 2.29. The number of fused-ring (bicyclic) bond motifs is 1. The molecular weight excluding hydrogens is 322 g/mol. The maximum atomic E-state index is 13.0. The van der Waals surface area contributed by atoms with E-state index in [-0.39, 0.29) is 5.91 Å². The van der Waals surface area contributed by atoms with Crippen molar-refractivity contribution in [2.45, 2.75) is 20.3 Å². The van der Waals surface area contributed by atoms with Crippen molar-refractivity contribution in [2.24, 2.45) is 0 Å². The first-order valence-corrected chi connectivity index (χ1v) is 8.81. The number of carbonyl (C=O) groups excluding carboxylic acids is 1. The van der Waals surface area contributed by atoms with Crippen molar-refractivity contribution in [3.63, 3.8) is 0 Å². The first-order valence-electron chi connectivity index (χ1n) is 8.81. The number of pyridine rings is 1. The van der Waals surface area contributed by atoms with E-state index in [0.29, 0.717) is 12.1 Å². The molecule has 4 heteroatoms. The van der Waals surface area contributed by atoms with Gasteiger partial charge in [-0.3, -0.25) is 9.78 Å². The second-order valence-electron chi connectivity index (χ2n) is 6.69. The summed E-state index contributed by atoms with van der Waals surface area (Å²) in [5.74, 6) is -0.00685. The van der Waals surface area contributed by atoms with Crippen molar-refractivity contribution in [1.29, 1.82) is 0 Å². The Morgan fingerprint density at radius 3 is 2.62 bits per heavy atom. The lowest BCUT2D eigenvalue weighted by molar-refractivity contribution is 0.0989. The summed E-state index contributed by atoms with van der Waals surface area (Å²) in [6.07, 6.45) is 4.29. The average molecular weight is 343 g/mol. The van der Waals surface area contributed by atoms with Gasteiger partial charge in [0.15, 0.2) is 0 Å². The van der Waals surface area contributed by atoms with Gasteiger partial charge in [-0.15, -0.1) is 0 Å². The van der Waals surface area contributed by atoms with Crippen molar-refractivity contribution >= 4 is 23.0 Å². The predicted octanol–water partition coefficient (Wildman–Crippen LogP) is 4.64. The van der Waals surface area contributed by atoms with Gasteiger partial charge in [-0.25, -0.2) is 0 Å². The van der Waals surface area contributed by atoms with Crippen LogP contribution >= 0.6 is 0 Å². The van der Waals surface area contributed by atoms with Gasteiger partial charge in [-0.05, 0) is 49.1 Å². The van der Waals surface area contributed by atoms with Gasteiger partial charge in [-0.2, -0.15) is 0 Å². The van der Waals surface area contributed by atoms with Gasteiger partial charge in [-0.1, -0.05) is 36.4 Å². The van der Waals surface area contributed by atoms with Crippen LogP contribution in [-0.2, 0) is 6.42 Å². The maximum Gasteiger partial charge on any atom is 0.259 e. The first kappa shape index (κ1) is 16.3. The zero-order valence-corrected chi connectivity index (χ0v) is 15.0. The number of para-hydroxylation sites is 2. The van der Waals surface area contributed by atoms with Crippen LogP contribution < -0.4 is 10.2 Å². The number of benzene rings is 2. The minimum absolute atomic E-state index is 0.00685. The second kappa shape index (κ2) is 6.64. The summed E-state index contributed by atoms with van der Waals surface area (Å²) >= 11 is 0. The molecule has 0 unspecified atom stereocenters. The summed E-state index contributed by atoms with van der Waals surface area (Å²) in [4.78, 5) is 19.1. The first-order chi connectivity index (χ1) is 12.6. The van der Waals surface area contributed by atoms with Crippen molar-refractivity contribution in [2.75, 3.05) is 16.8 Å². The SMILES string of the molecule is Cc1cccc(C)c1Nc1cncc(C(=O)N2CCc3ccccc32)c1. The quantitative estimate of drug-likeness (QED) is 0.753. The summed E-state index contributed by atoms with van der Waals surface area (Å²) in [5.41, 5.74) is 7.03. The number of nitrogens with one attached hydrogen (secondary N) is 1. The van der Waals surface area contributed by atoms with Crippen molar-refractivity contribution in [1.82, 2.24) is 4.98 Å². The maximum absolute atomic E-state index is 13.0. The molecule has 0 fully saturated rings. The number of anilines is 3. The number of rotatable bonds is 3. The van der Waals surface area contributed by atoms with Crippen LogP contribution in [0.5, 0.6) is 0 Å². The van der Waals surface area contributed by atoms with Crippen LogP contribution in [0.25, 0.3) is 0 Å². The van der Waals surface area contributed by atoms with E-state index in [4.69, 9.17) is 0 Å². The van der Waals surface area contributed by atoms with Crippen molar-refractivity contribution in [3.8, 4) is 0 Å². The highest BCUT2D eigenvalue weighted by Gasteiger charge is 2.25. The summed E-state index contributed by atoms with van der Waals surface area (Å²) in [5, 5.41) is 3.41. The third-order valence-corrected chi connectivity index (χ3v) is 4.87. The normalized spacial score (nSPS) is 12.8. The highest BCUT2D eigenvalue weighted by molar-refractivity contribution is 6.07. The van der Waals surface area contributed by atoms with E-state index in [0.717, 1.165) is 34.6 Å². The van der Waals surface area contributed by atoms with Crippen LogP contribution in [-0.4, -0.2) is 17.4 Å². The van der Waals surface area contributed by atoms with E-state index in [1.165, 1.54) is 5.56 Å². The molecule has 0 aliphatic carbocycles. The van der Waals surface area contributed by atoms with Gasteiger partial charge >= 0.3 is 0 Å². The van der Waals surface area contributed by atoms with Gasteiger partial charge in [0.05, 0.1) is 17.4 Å². The Morgan fingerprint density at radius 1 is 1.04 bits per heavy atom. The monoisotopic (exact) mass is 343 g/mol. The number of nitrogens with zero attached hydrogens (tertiary/aromatic N) is 2. The Kier molecular flexibility index (Phi) is 4.17. The fourth-order valence-corrected chi connectivity index (χ4v) is 3.49. The van der Waals surface area contributed by atoms with Crippen LogP contribution in [0.2, 0.25) is 0 Å². The molecule has 4 nitrogen and oxygen atoms in total. The molecule has 4 rings (SSSR count). The zero-order chi connectivity index (χ0) is 18.1. The number of aryl methyl sites for hydroxylation is 2. The zero-order valence-electron chi connectivity index (χ0n) is 15.0. The van der Waals surface area contributed by atoms with E-state index in [2.05, 4.69) is 42.3 Å². The molecule has 1 N–H and O–H groups in total. The molecule has 1 amide bonds. The van der Waals surface area contributed by atoms with Gasteiger partial charge in [0.25, 0.3) is 5.91 Å². The van der Waals surface area contributed by atoms with Gasteiger partial charge in [0.2, 0.25) is 0 Å². The van der Waals surface area contributed by atoms with Crippen LogP contribution in [0.4, 0.5) is 17.1 Å². The molecular formula is C22H21N3O. The van der Waals surface area contributed by atoms with E-state index < -0.39 is 0 Å². The number of hydrogen-bond donors (Lipinski definition) is 1. The number of aromatic nitrogens is 1. The Hall–Kier alpha value is -3.14. The van der Waals surface area contributed by atoms with Crippen LogP contribution in [0.3, 0.4) is 0 Å². The fourth-order valence-electron chi connectivity index (χ4n) is 3.49. The lowest BCUT2D eigenvalue weighted by Crippen LogP contribution is -2.29. The standard InChI is InChI=1S/C22H21N3O/c1-15-6-5-7-16(2)21(15)24-19-12-18(13-23-14-19)22(26)25-11-10-17-8-3-4-9-20(17)25/h3-9,12-14,24H,10-11H2,1-2H3. The van der Waals surface area contributed by atoms with Gasteiger partial charge in [0.1, 0.15) is 0 Å². The lowest BCUT2D eigenvalue weighted by atomic mass is 10.1. The number of amides is 1. The van der Waals surface area contributed by atoms with Crippen molar-refractivity contribution in [3.05, 3.63) is 83.2 Å². The molecule has 0 saturated heterocycles. The summed E-state index contributed by atoms with van der Waals surface area (Å²) in [6.45, 7) is 4.85. The molecule has 26 heavy (non-hydrogen) atoms. The van der Waals surface area contributed by atoms with Crippen LogP contribution in [0.15, 0.2) is 60.9 Å². The molecule has 1 aliphatic rings. The van der Waals surface area contributed by atoms with E-state index >= 15 is 0 Å². The van der Waals surface area contributed by atoms with Crippen molar-refractivity contribution < 1.29 is 4.79 Å².